The molecule has 0 radical (unpaired) electrons. The Morgan fingerprint density at radius 3 is 2.50 bits per heavy atom. The van der Waals surface area contributed by atoms with Gasteiger partial charge in [0.1, 0.15) is 0 Å². The van der Waals surface area contributed by atoms with Gasteiger partial charge < -0.3 is 15.5 Å². The van der Waals surface area contributed by atoms with Crippen molar-refractivity contribution in [2.75, 3.05) is 16.8 Å². The van der Waals surface area contributed by atoms with E-state index in [1.165, 1.54) is 0 Å². The molecule has 1 fully saturated rings. The number of benzene rings is 3. The van der Waals surface area contributed by atoms with Crippen molar-refractivity contribution in [1.82, 2.24) is 5.32 Å². The van der Waals surface area contributed by atoms with Crippen LogP contribution in [0.1, 0.15) is 22.3 Å². The zero-order chi connectivity index (χ0) is 22.5. The van der Waals surface area contributed by atoms with Crippen molar-refractivity contribution in [2.24, 2.45) is 5.92 Å². The molecule has 1 heterocycles. The molecule has 2 N–H and O–H groups in total. The SMILES string of the molecule is O=C(Nc1ccccc1)c1cccc(N2C[C@H](C(=O)NCc3ccccc3Cl)CC2=O)c1. The largest absolute Gasteiger partial charge is 0.352 e. The topological polar surface area (TPSA) is 78.5 Å². The van der Waals surface area contributed by atoms with Gasteiger partial charge in [-0.05, 0) is 42.0 Å². The molecule has 0 aliphatic carbocycles. The molecule has 0 bridgehead atoms. The van der Waals surface area contributed by atoms with Gasteiger partial charge in [-0.15, -0.1) is 0 Å². The van der Waals surface area contributed by atoms with Crippen LogP contribution in [0.4, 0.5) is 11.4 Å². The minimum absolute atomic E-state index is 0.120. The highest BCUT2D eigenvalue weighted by atomic mass is 35.5. The molecule has 162 valence electrons. The second-order valence-corrected chi connectivity index (χ2v) is 7.99. The minimum Gasteiger partial charge on any atom is -0.352 e. The van der Waals surface area contributed by atoms with E-state index in [1.54, 1.807) is 47.4 Å². The van der Waals surface area contributed by atoms with Gasteiger partial charge in [-0.3, -0.25) is 14.4 Å². The summed E-state index contributed by atoms with van der Waals surface area (Å²) in [6.45, 7) is 0.565. The van der Waals surface area contributed by atoms with E-state index in [4.69, 9.17) is 11.6 Å². The highest BCUT2D eigenvalue weighted by Gasteiger charge is 2.35. The number of hydrogen-bond donors (Lipinski definition) is 2. The summed E-state index contributed by atoms with van der Waals surface area (Å²) >= 11 is 6.14. The number of nitrogens with one attached hydrogen (secondary N) is 2. The fourth-order valence-corrected chi connectivity index (χ4v) is 3.84. The van der Waals surface area contributed by atoms with Crippen molar-refractivity contribution >= 4 is 40.7 Å². The van der Waals surface area contributed by atoms with Crippen molar-refractivity contribution in [3.05, 3.63) is 95.0 Å². The summed E-state index contributed by atoms with van der Waals surface area (Å²) in [6, 6.07) is 23.3. The van der Waals surface area contributed by atoms with Crippen LogP contribution in [-0.4, -0.2) is 24.3 Å². The summed E-state index contributed by atoms with van der Waals surface area (Å²) in [5, 5.41) is 6.28. The molecular weight excluding hydrogens is 426 g/mol. The Bertz CT molecular complexity index is 1150. The summed E-state index contributed by atoms with van der Waals surface area (Å²) < 4.78 is 0. The van der Waals surface area contributed by atoms with Crippen molar-refractivity contribution < 1.29 is 14.4 Å². The maximum absolute atomic E-state index is 12.6. The third-order valence-electron chi connectivity index (χ3n) is 5.36. The lowest BCUT2D eigenvalue weighted by Gasteiger charge is -2.18. The molecule has 1 aliphatic rings. The van der Waals surface area contributed by atoms with E-state index in [0.29, 0.717) is 28.5 Å². The maximum Gasteiger partial charge on any atom is 0.255 e. The third kappa shape index (κ3) is 4.98. The lowest BCUT2D eigenvalue weighted by molar-refractivity contribution is -0.126. The third-order valence-corrected chi connectivity index (χ3v) is 5.73. The predicted octanol–water partition coefficient (Wildman–Crippen LogP) is 4.26. The number of nitrogens with zero attached hydrogens (tertiary/aromatic N) is 1. The Labute approximate surface area is 191 Å². The normalized spacial score (nSPS) is 15.5. The zero-order valence-electron chi connectivity index (χ0n) is 17.3. The number of hydrogen-bond acceptors (Lipinski definition) is 3. The van der Waals surface area contributed by atoms with E-state index in [9.17, 15) is 14.4 Å². The molecule has 1 saturated heterocycles. The van der Waals surface area contributed by atoms with E-state index in [0.717, 1.165) is 5.56 Å². The Hall–Kier alpha value is -3.64. The maximum atomic E-state index is 12.6. The molecule has 0 aromatic heterocycles. The molecule has 0 unspecified atom stereocenters. The van der Waals surface area contributed by atoms with Gasteiger partial charge in [0.15, 0.2) is 0 Å². The molecule has 0 spiro atoms. The lowest BCUT2D eigenvalue weighted by atomic mass is 10.1. The monoisotopic (exact) mass is 447 g/mol. The first-order chi connectivity index (χ1) is 15.5. The van der Waals surface area contributed by atoms with Gasteiger partial charge in [0.2, 0.25) is 11.8 Å². The van der Waals surface area contributed by atoms with Gasteiger partial charge in [-0.25, -0.2) is 0 Å². The highest BCUT2D eigenvalue weighted by Crippen LogP contribution is 2.26. The summed E-state index contributed by atoms with van der Waals surface area (Å²) in [6.07, 6.45) is 0.120. The summed E-state index contributed by atoms with van der Waals surface area (Å²) in [4.78, 5) is 39.4. The molecule has 32 heavy (non-hydrogen) atoms. The molecule has 6 nitrogen and oxygen atoms in total. The van der Waals surface area contributed by atoms with Gasteiger partial charge in [-0.1, -0.05) is 54.1 Å². The first-order valence-electron chi connectivity index (χ1n) is 10.3. The van der Waals surface area contributed by atoms with E-state index < -0.39 is 5.92 Å². The lowest BCUT2D eigenvalue weighted by Crippen LogP contribution is -2.32. The Balaban J connectivity index is 1.40. The molecule has 1 atom stereocenters. The molecule has 1 aliphatic heterocycles. The van der Waals surface area contributed by atoms with Crippen molar-refractivity contribution in [1.29, 1.82) is 0 Å². The molecule has 3 aromatic carbocycles. The van der Waals surface area contributed by atoms with Crippen LogP contribution in [0.2, 0.25) is 5.02 Å². The van der Waals surface area contributed by atoms with Gasteiger partial charge in [-0.2, -0.15) is 0 Å². The Morgan fingerprint density at radius 2 is 1.72 bits per heavy atom. The number of carbonyl (C=O) groups is 3. The fourth-order valence-electron chi connectivity index (χ4n) is 3.64. The zero-order valence-corrected chi connectivity index (χ0v) is 18.0. The van der Waals surface area contributed by atoms with Gasteiger partial charge >= 0.3 is 0 Å². The number of para-hydroxylation sites is 1. The average molecular weight is 448 g/mol. The van der Waals surface area contributed by atoms with Crippen LogP contribution in [0.5, 0.6) is 0 Å². The van der Waals surface area contributed by atoms with Crippen LogP contribution >= 0.6 is 11.6 Å². The average Bonchev–Trinajstić information content (AvgIpc) is 3.21. The standard InChI is InChI=1S/C25H22ClN3O3/c26-22-12-5-4-7-18(22)15-27-24(31)19-14-23(30)29(16-19)21-11-6-8-17(13-21)25(32)28-20-9-2-1-3-10-20/h1-13,19H,14-16H2,(H,27,31)(H,28,32)/t19-/m1/s1. The number of anilines is 2. The fraction of sp³-hybridized carbons (Fsp3) is 0.160. The summed E-state index contributed by atoms with van der Waals surface area (Å²) in [5.74, 6) is -1.08. The van der Waals surface area contributed by atoms with E-state index in [1.807, 2.05) is 36.4 Å². The van der Waals surface area contributed by atoms with Crippen molar-refractivity contribution in [2.45, 2.75) is 13.0 Å². The first kappa shape index (κ1) is 21.6. The Morgan fingerprint density at radius 1 is 0.969 bits per heavy atom. The number of carbonyl (C=O) groups excluding carboxylic acids is 3. The van der Waals surface area contributed by atoms with Crippen LogP contribution in [0.3, 0.4) is 0 Å². The Kier molecular flexibility index (Phi) is 6.52. The predicted molar refractivity (Wildman–Crippen MR) is 125 cm³/mol. The van der Waals surface area contributed by atoms with Crippen LogP contribution in [0.15, 0.2) is 78.9 Å². The van der Waals surface area contributed by atoms with E-state index >= 15 is 0 Å². The van der Waals surface area contributed by atoms with E-state index in [2.05, 4.69) is 10.6 Å². The van der Waals surface area contributed by atoms with Crippen LogP contribution in [0, 0.1) is 5.92 Å². The van der Waals surface area contributed by atoms with Gasteiger partial charge in [0.05, 0.1) is 5.92 Å². The first-order valence-corrected chi connectivity index (χ1v) is 10.7. The van der Waals surface area contributed by atoms with Gasteiger partial charge in [0, 0.05) is 41.5 Å². The smallest absolute Gasteiger partial charge is 0.255 e. The molecule has 4 rings (SSSR count). The quantitative estimate of drug-likeness (QED) is 0.592. The summed E-state index contributed by atoms with van der Waals surface area (Å²) in [7, 11) is 0. The van der Waals surface area contributed by atoms with Crippen LogP contribution in [-0.2, 0) is 16.1 Å². The van der Waals surface area contributed by atoms with E-state index in [-0.39, 0.29) is 30.7 Å². The number of rotatable bonds is 6. The number of amides is 3. The second-order valence-electron chi connectivity index (χ2n) is 7.59. The van der Waals surface area contributed by atoms with Crippen LogP contribution < -0.4 is 15.5 Å². The molecule has 3 amide bonds. The molecule has 7 heteroatoms. The second kappa shape index (κ2) is 9.66. The number of halogens is 1. The van der Waals surface area contributed by atoms with Crippen molar-refractivity contribution in [3.63, 3.8) is 0 Å². The molecular formula is C25H22ClN3O3. The molecule has 3 aromatic rings. The van der Waals surface area contributed by atoms with Crippen molar-refractivity contribution in [3.8, 4) is 0 Å². The molecule has 0 saturated carbocycles. The van der Waals surface area contributed by atoms with Crippen LogP contribution in [0.25, 0.3) is 0 Å². The summed E-state index contributed by atoms with van der Waals surface area (Å²) in [5.41, 5.74) is 2.54. The highest BCUT2D eigenvalue weighted by molar-refractivity contribution is 6.31. The van der Waals surface area contributed by atoms with Gasteiger partial charge in [0.25, 0.3) is 5.91 Å². The minimum atomic E-state index is -0.466.